The van der Waals surface area contributed by atoms with Gasteiger partial charge in [0.05, 0.1) is 5.69 Å². The Morgan fingerprint density at radius 2 is 1.96 bits per heavy atom. The Morgan fingerprint density at radius 3 is 2.70 bits per heavy atom. The summed E-state index contributed by atoms with van der Waals surface area (Å²) in [7, 11) is 1.95. The molecule has 0 amide bonds. The van der Waals surface area contributed by atoms with Crippen LogP contribution in [0.4, 0.5) is 0 Å². The van der Waals surface area contributed by atoms with Gasteiger partial charge in [0, 0.05) is 51.4 Å². The average Bonchev–Trinajstić information content (AvgIpc) is 3.34. The van der Waals surface area contributed by atoms with Gasteiger partial charge in [0.1, 0.15) is 5.15 Å². The van der Waals surface area contributed by atoms with Crippen molar-refractivity contribution in [2.45, 2.75) is 51.6 Å². The maximum atomic E-state index is 6.51. The normalized spacial score (nSPS) is 29.2. The van der Waals surface area contributed by atoms with Crippen molar-refractivity contribution in [2.75, 3.05) is 26.2 Å². The van der Waals surface area contributed by atoms with Crippen LogP contribution < -0.4 is 0 Å². The van der Waals surface area contributed by atoms with Crippen molar-refractivity contribution >= 4 is 11.6 Å². The summed E-state index contributed by atoms with van der Waals surface area (Å²) >= 11 is 6.51. The number of halogens is 1. The van der Waals surface area contributed by atoms with E-state index in [-0.39, 0.29) is 0 Å². The predicted octanol–water partition coefficient (Wildman–Crippen LogP) is 2.94. The van der Waals surface area contributed by atoms with Crippen LogP contribution in [0.1, 0.15) is 43.9 Å². The highest BCUT2D eigenvalue weighted by molar-refractivity contribution is 6.30. The fourth-order valence-electron chi connectivity index (χ4n) is 4.52. The summed E-state index contributed by atoms with van der Waals surface area (Å²) in [6.45, 7) is 8.25. The number of hydrogen-bond donors (Lipinski definition) is 0. The molecule has 2 atom stereocenters. The molecule has 0 N–H and O–H groups in total. The lowest BCUT2D eigenvalue weighted by atomic mass is 9.95. The second kappa shape index (κ2) is 6.38. The molecule has 0 spiro atoms. The zero-order valence-corrected chi connectivity index (χ0v) is 15.2. The molecule has 1 aromatic rings. The Hall–Kier alpha value is -0.580. The quantitative estimate of drug-likeness (QED) is 0.826. The van der Waals surface area contributed by atoms with Crippen LogP contribution in [-0.2, 0) is 20.0 Å². The molecule has 0 unspecified atom stereocenters. The van der Waals surface area contributed by atoms with Gasteiger partial charge in [-0.25, -0.2) is 0 Å². The van der Waals surface area contributed by atoms with Gasteiger partial charge in [-0.3, -0.25) is 14.5 Å². The van der Waals surface area contributed by atoms with E-state index in [1.165, 1.54) is 63.1 Å². The summed E-state index contributed by atoms with van der Waals surface area (Å²) in [5.41, 5.74) is 2.43. The summed E-state index contributed by atoms with van der Waals surface area (Å²) in [5, 5.41) is 5.41. The molecule has 3 saturated heterocycles. The smallest absolute Gasteiger partial charge is 0.131 e. The fraction of sp³-hybridized carbons (Fsp3) is 0.833. The summed E-state index contributed by atoms with van der Waals surface area (Å²) in [5.74, 6) is 1.84. The summed E-state index contributed by atoms with van der Waals surface area (Å²) < 4.78 is 1.83. The molecule has 4 heterocycles. The molecule has 3 aliphatic heterocycles. The maximum absolute atomic E-state index is 6.51. The third-order valence-electron chi connectivity index (χ3n) is 5.96. The molecule has 128 valence electrons. The van der Waals surface area contributed by atoms with Crippen LogP contribution in [0.25, 0.3) is 0 Å². The number of piperidine rings is 1. The van der Waals surface area contributed by atoms with E-state index in [4.69, 9.17) is 11.6 Å². The highest BCUT2D eigenvalue weighted by Gasteiger charge is 2.37. The SMILES string of the molecule is CCc1nn(C)c(Cl)c1CN1C[C@@H]2CC[C@H](C1)N(CC1CC1)C2. The second-order valence-corrected chi connectivity index (χ2v) is 8.24. The van der Waals surface area contributed by atoms with Crippen molar-refractivity contribution in [3.8, 4) is 0 Å². The van der Waals surface area contributed by atoms with Gasteiger partial charge in [-0.1, -0.05) is 18.5 Å². The average molecular weight is 337 g/mol. The van der Waals surface area contributed by atoms with Crippen molar-refractivity contribution < 1.29 is 0 Å². The molecule has 5 heteroatoms. The third-order valence-corrected chi connectivity index (χ3v) is 6.43. The fourth-order valence-corrected chi connectivity index (χ4v) is 4.73. The first-order valence-electron chi connectivity index (χ1n) is 9.30. The Bertz CT molecular complexity index is 566. The highest BCUT2D eigenvalue weighted by Crippen LogP contribution is 2.35. The molecule has 5 rings (SSSR count). The lowest BCUT2D eigenvalue weighted by molar-refractivity contribution is 0.125. The molecule has 1 aromatic heterocycles. The molecular formula is C18H29ClN4. The van der Waals surface area contributed by atoms with Crippen molar-refractivity contribution in [3.05, 3.63) is 16.4 Å². The highest BCUT2D eigenvalue weighted by atomic mass is 35.5. The minimum absolute atomic E-state index is 0.759. The first-order chi connectivity index (χ1) is 11.1. The predicted molar refractivity (Wildman–Crippen MR) is 93.7 cm³/mol. The first kappa shape index (κ1) is 15.9. The summed E-state index contributed by atoms with van der Waals surface area (Å²) in [6.07, 6.45) is 6.68. The van der Waals surface area contributed by atoms with Crippen molar-refractivity contribution in [2.24, 2.45) is 18.9 Å². The number of hydrogen-bond acceptors (Lipinski definition) is 3. The van der Waals surface area contributed by atoms with E-state index in [1.54, 1.807) is 0 Å². The van der Waals surface area contributed by atoms with Crippen LogP contribution >= 0.6 is 11.6 Å². The van der Waals surface area contributed by atoms with E-state index in [2.05, 4.69) is 21.8 Å². The zero-order chi connectivity index (χ0) is 16.0. The van der Waals surface area contributed by atoms with Gasteiger partial charge in [-0.05, 0) is 43.9 Å². The Labute approximate surface area is 144 Å². The monoisotopic (exact) mass is 336 g/mol. The third kappa shape index (κ3) is 3.31. The summed E-state index contributed by atoms with van der Waals surface area (Å²) in [4.78, 5) is 5.45. The molecule has 0 radical (unpaired) electrons. The largest absolute Gasteiger partial charge is 0.299 e. The van der Waals surface area contributed by atoms with Crippen LogP contribution in [0.2, 0.25) is 5.15 Å². The molecule has 23 heavy (non-hydrogen) atoms. The van der Waals surface area contributed by atoms with Gasteiger partial charge in [0.15, 0.2) is 0 Å². The zero-order valence-electron chi connectivity index (χ0n) is 14.5. The van der Waals surface area contributed by atoms with Gasteiger partial charge < -0.3 is 0 Å². The van der Waals surface area contributed by atoms with E-state index >= 15 is 0 Å². The minimum atomic E-state index is 0.759. The van der Waals surface area contributed by atoms with Crippen LogP contribution in [0.15, 0.2) is 0 Å². The van der Waals surface area contributed by atoms with E-state index in [0.717, 1.165) is 36.0 Å². The second-order valence-electron chi connectivity index (χ2n) is 7.88. The molecule has 4 fully saturated rings. The number of nitrogens with zero attached hydrogens (tertiary/aromatic N) is 4. The van der Waals surface area contributed by atoms with E-state index in [0.29, 0.717) is 0 Å². The molecule has 1 aliphatic carbocycles. The molecule has 4 nitrogen and oxygen atoms in total. The number of fused-ring (bicyclic) bond motifs is 4. The van der Waals surface area contributed by atoms with Gasteiger partial charge in [-0.15, -0.1) is 0 Å². The molecule has 1 saturated carbocycles. The van der Waals surface area contributed by atoms with Gasteiger partial charge >= 0.3 is 0 Å². The Morgan fingerprint density at radius 1 is 1.13 bits per heavy atom. The Kier molecular flexibility index (Phi) is 4.41. The number of aromatic nitrogens is 2. The molecule has 4 aliphatic rings. The Balaban J connectivity index is 1.48. The molecular weight excluding hydrogens is 308 g/mol. The standard InChI is InChI=1S/C18H29ClN4/c1-3-17-16(18(19)21(2)20-17)12-22-8-14-6-7-15(11-22)23(10-14)9-13-4-5-13/h13-15H,3-12H2,1-2H3/t14-,15+/m0/s1. The first-order valence-corrected chi connectivity index (χ1v) is 9.68. The van der Waals surface area contributed by atoms with Gasteiger partial charge in [-0.2, -0.15) is 5.10 Å². The van der Waals surface area contributed by atoms with Gasteiger partial charge in [0.25, 0.3) is 0 Å². The minimum Gasteiger partial charge on any atom is -0.299 e. The van der Waals surface area contributed by atoms with E-state index < -0.39 is 0 Å². The van der Waals surface area contributed by atoms with Crippen LogP contribution in [-0.4, -0.2) is 51.8 Å². The number of aryl methyl sites for hydroxylation is 2. The van der Waals surface area contributed by atoms with Crippen LogP contribution in [0, 0.1) is 11.8 Å². The lowest BCUT2D eigenvalue weighted by Crippen LogP contribution is -2.44. The van der Waals surface area contributed by atoms with E-state index in [9.17, 15) is 0 Å². The topological polar surface area (TPSA) is 24.3 Å². The van der Waals surface area contributed by atoms with E-state index in [1.807, 2.05) is 11.7 Å². The maximum Gasteiger partial charge on any atom is 0.131 e. The lowest BCUT2D eigenvalue weighted by Gasteiger charge is -2.36. The summed E-state index contributed by atoms with van der Waals surface area (Å²) in [6, 6.07) is 0.759. The van der Waals surface area contributed by atoms with Crippen molar-refractivity contribution in [1.82, 2.24) is 19.6 Å². The van der Waals surface area contributed by atoms with Gasteiger partial charge in [0.2, 0.25) is 0 Å². The number of rotatable bonds is 5. The van der Waals surface area contributed by atoms with Crippen LogP contribution in [0.5, 0.6) is 0 Å². The van der Waals surface area contributed by atoms with Crippen molar-refractivity contribution in [3.63, 3.8) is 0 Å². The molecule has 0 aromatic carbocycles. The van der Waals surface area contributed by atoms with Crippen LogP contribution in [0.3, 0.4) is 0 Å². The molecule has 2 bridgehead atoms. The van der Waals surface area contributed by atoms with Crippen molar-refractivity contribution in [1.29, 1.82) is 0 Å².